The Bertz CT molecular complexity index is 942. The van der Waals surface area contributed by atoms with E-state index in [1.54, 1.807) is 6.07 Å². The highest BCUT2D eigenvalue weighted by molar-refractivity contribution is 6.30. The zero-order valence-corrected chi connectivity index (χ0v) is 15.2. The van der Waals surface area contributed by atoms with Gasteiger partial charge in [-0.05, 0) is 43.6 Å². The molecule has 3 aromatic rings. The number of likely N-dealkylation sites (tertiary alicyclic amines) is 1. The Labute approximate surface area is 156 Å². The lowest BCUT2D eigenvalue weighted by atomic mass is 10.1. The van der Waals surface area contributed by atoms with Gasteiger partial charge in [-0.15, -0.1) is 0 Å². The van der Waals surface area contributed by atoms with Crippen molar-refractivity contribution >= 4 is 23.3 Å². The number of nitrogens with one attached hydrogen (secondary N) is 2. The molecule has 1 fully saturated rings. The first-order valence-corrected chi connectivity index (χ1v) is 9.24. The molecular formula is C18H21ClN6O. The second-order valence-corrected chi connectivity index (χ2v) is 7.05. The number of fused-ring (bicyclic) bond motifs is 1. The zero-order chi connectivity index (χ0) is 17.9. The second kappa shape index (κ2) is 7.47. The molecule has 1 aromatic carbocycles. The van der Waals surface area contributed by atoms with Crippen LogP contribution >= 0.6 is 11.6 Å². The van der Waals surface area contributed by atoms with E-state index in [9.17, 15) is 4.79 Å². The highest BCUT2D eigenvalue weighted by Crippen LogP contribution is 2.13. The van der Waals surface area contributed by atoms with Gasteiger partial charge >= 0.3 is 0 Å². The molecule has 0 atom stereocenters. The molecule has 8 heteroatoms. The number of H-pyrrole nitrogens is 1. The Morgan fingerprint density at radius 3 is 2.65 bits per heavy atom. The molecule has 0 bridgehead atoms. The molecule has 1 aliphatic rings. The van der Waals surface area contributed by atoms with Gasteiger partial charge in [-0.1, -0.05) is 30.2 Å². The summed E-state index contributed by atoms with van der Waals surface area (Å²) in [5.41, 5.74) is 1.70. The van der Waals surface area contributed by atoms with Crippen molar-refractivity contribution in [1.82, 2.24) is 24.5 Å². The number of nitrogens with zero attached hydrogens (tertiary/aromatic N) is 4. The summed E-state index contributed by atoms with van der Waals surface area (Å²) in [7, 11) is 0. The number of aromatic nitrogens is 4. The minimum atomic E-state index is -0.144. The van der Waals surface area contributed by atoms with Crippen LogP contribution in [0.4, 0.5) is 5.95 Å². The van der Waals surface area contributed by atoms with E-state index in [0.29, 0.717) is 29.8 Å². The summed E-state index contributed by atoms with van der Waals surface area (Å²) in [4.78, 5) is 23.6. The van der Waals surface area contributed by atoms with Crippen LogP contribution < -0.4 is 10.9 Å². The smallest absolute Gasteiger partial charge is 0.274 e. The Hall–Kier alpha value is -2.38. The monoisotopic (exact) mass is 372 g/mol. The zero-order valence-electron chi connectivity index (χ0n) is 14.4. The summed E-state index contributed by atoms with van der Waals surface area (Å²) in [5.74, 6) is 0.905. The van der Waals surface area contributed by atoms with Gasteiger partial charge in [-0.25, -0.2) is 4.98 Å². The molecule has 7 nitrogen and oxygen atoms in total. The number of anilines is 1. The van der Waals surface area contributed by atoms with Crippen molar-refractivity contribution < 1.29 is 0 Å². The number of hydrogen-bond acceptors (Lipinski definition) is 5. The molecule has 2 N–H and O–H groups in total. The topological polar surface area (TPSA) is 78.3 Å². The van der Waals surface area contributed by atoms with E-state index >= 15 is 0 Å². The number of piperidine rings is 1. The Kier molecular flexibility index (Phi) is 4.90. The van der Waals surface area contributed by atoms with Crippen molar-refractivity contribution in [3.63, 3.8) is 0 Å². The second-order valence-electron chi connectivity index (χ2n) is 6.61. The average Bonchev–Trinajstić information content (AvgIpc) is 3.06. The van der Waals surface area contributed by atoms with Crippen LogP contribution in [0, 0.1) is 0 Å². The summed E-state index contributed by atoms with van der Waals surface area (Å²) in [6, 6.07) is 9.16. The average molecular weight is 373 g/mol. The summed E-state index contributed by atoms with van der Waals surface area (Å²) >= 11 is 5.90. The van der Waals surface area contributed by atoms with Gasteiger partial charge in [0.1, 0.15) is 0 Å². The van der Waals surface area contributed by atoms with Gasteiger partial charge in [0.25, 0.3) is 11.3 Å². The molecule has 0 spiro atoms. The molecule has 0 saturated carbocycles. The van der Waals surface area contributed by atoms with Crippen LogP contribution in [0.15, 0.2) is 35.1 Å². The minimum absolute atomic E-state index is 0.144. The fourth-order valence-electron chi connectivity index (χ4n) is 3.22. The summed E-state index contributed by atoms with van der Waals surface area (Å²) in [6.45, 7) is 3.41. The summed E-state index contributed by atoms with van der Waals surface area (Å²) in [6.07, 6.45) is 3.71. The molecule has 1 aliphatic heterocycles. The molecule has 0 radical (unpaired) electrons. The summed E-state index contributed by atoms with van der Waals surface area (Å²) < 4.78 is 1.36. The lowest BCUT2D eigenvalue weighted by Gasteiger charge is -2.25. The van der Waals surface area contributed by atoms with Crippen molar-refractivity contribution in [2.75, 3.05) is 18.4 Å². The Morgan fingerprint density at radius 1 is 1.12 bits per heavy atom. The van der Waals surface area contributed by atoms with Gasteiger partial charge in [-0.2, -0.15) is 9.50 Å². The van der Waals surface area contributed by atoms with Crippen LogP contribution in [0.5, 0.6) is 0 Å². The third-order valence-electron chi connectivity index (χ3n) is 4.59. The maximum absolute atomic E-state index is 12.4. The van der Waals surface area contributed by atoms with Crippen LogP contribution in [0.3, 0.4) is 0 Å². The molecule has 0 aliphatic carbocycles. The van der Waals surface area contributed by atoms with Gasteiger partial charge < -0.3 is 5.32 Å². The van der Waals surface area contributed by atoms with Gasteiger partial charge in [0.2, 0.25) is 5.95 Å². The van der Waals surface area contributed by atoms with Crippen molar-refractivity contribution in [1.29, 1.82) is 0 Å². The van der Waals surface area contributed by atoms with E-state index in [1.165, 1.54) is 23.8 Å². The standard InChI is InChI=1S/C18H21ClN6O/c19-14-6-4-13(5-7-14)11-20-17-22-18-21-15(10-16(26)25(18)23-17)12-24-8-2-1-3-9-24/h4-7,10H,1-3,8-9,11-12H2,(H2,20,21,22,23). The molecule has 1 saturated heterocycles. The largest absolute Gasteiger partial charge is 0.351 e. The van der Waals surface area contributed by atoms with E-state index in [2.05, 4.69) is 25.3 Å². The third-order valence-corrected chi connectivity index (χ3v) is 4.84. The highest BCUT2D eigenvalue weighted by Gasteiger charge is 2.13. The van der Waals surface area contributed by atoms with E-state index in [1.807, 2.05) is 24.3 Å². The Morgan fingerprint density at radius 2 is 1.88 bits per heavy atom. The fraction of sp³-hybridized carbons (Fsp3) is 0.389. The third kappa shape index (κ3) is 3.89. The molecule has 3 heterocycles. The van der Waals surface area contributed by atoms with Crippen molar-refractivity contribution in [2.24, 2.45) is 0 Å². The van der Waals surface area contributed by atoms with Crippen molar-refractivity contribution in [3.05, 3.63) is 57.0 Å². The first kappa shape index (κ1) is 17.1. The van der Waals surface area contributed by atoms with Crippen LogP contribution in [0.1, 0.15) is 30.5 Å². The molecule has 136 valence electrons. The number of rotatable bonds is 5. The SMILES string of the molecule is O=c1cc(CN2CCCCC2)nc2nc(NCc3ccc(Cl)cc3)[nH]n12. The maximum atomic E-state index is 12.4. The highest BCUT2D eigenvalue weighted by atomic mass is 35.5. The maximum Gasteiger partial charge on any atom is 0.274 e. The molecule has 2 aromatic heterocycles. The van der Waals surface area contributed by atoms with Crippen molar-refractivity contribution in [2.45, 2.75) is 32.4 Å². The molecule has 4 rings (SSSR count). The molecule has 0 unspecified atom stereocenters. The van der Waals surface area contributed by atoms with E-state index < -0.39 is 0 Å². The predicted molar refractivity (Wildman–Crippen MR) is 102 cm³/mol. The molecule has 0 amide bonds. The van der Waals surface area contributed by atoms with Gasteiger partial charge in [0.05, 0.1) is 5.69 Å². The quantitative estimate of drug-likeness (QED) is 0.720. The Balaban J connectivity index is 1.49. The van der Waals surface area contributed by atoms with Gasteiger partial charge in [0.15, 0.2) is 0 Å². The lowest BCUT2D eigenvalue weighted by molar-refractivity contribution is 0.218. The first-order valence-electron chi connectivity index (χ1n) is 8.87. The number of halogens is 1. The number of hydrogen-bond donors (Lipinski definition) is 2. The molecular weight excluding hydrogens is 352 g/mol. The van der Waals surface area contributed by atoms with Crippen LogP contribution in [0.25, 0.3) is 5.78 Å². The van der Waals surface area contributed by atoms with Gasteiger partial charge in [0, 0.05) is 24.2 Å². The lowest BCUT2D eigenvalue weighted by Crippen LogP contribution is -2.30. The fourth-order valence-corrected chi connectivity index (χ4v) is 3.35. The molecule has 26 heavy (non-hydrogen) atoms. The minimum Gasteiger partial charge on any atom is -0.351 e. The van der Waals surface area contributed by atoms with Crippen molar-refractivity contribution in [3.8, 4) is 0 Å². The number of benzene rings is 1. The van der Waals surface area contributed by atoms with Crippen LogP contribution in [-0.4, -0.2) is 37.6 Å². The van der Waals surface area contributed by atoms with E-state index in [0.717, 1.165) is 24.3 Å². The first-order chi connectivity index (χ1) is 12.7. The summed E-state index contributed by atoms with van der Waals surface area (Å²) in [5, 5.41) is 6.84. The predicted octanol–water partition coefficient (Wildman–Crippen LogP) is 2.67. The van der Waals surface area contributed by atoms with E-state index in [4.69, 9.17) is 11.6 Å². The van der Waals surface area contributed by atoms with Crippen LogP contribution in [0.2, 0.25) is 5.02 Å². The van der Waals surface area contributed by atoms with Crippen LogP contribution in [-0.2, 0) is 13.1 Å². The van der Waals surface area contributed by atoms with E-state index in [-0.39, 0.29) is 5.56 Å². The van der Waals surface area contributed by atoms with Gasteiger partial charge in [-0.3, -0.25) is 14.8 Å². The normalized spacial score (nSPS) is 15.4. The number of aromatic amines is 1.